The van der Waals surface area contributed by atoms with Gasteiger partial charge in [-0.05, 0) is 63.0 Å². The number of hydrogen-bond acceptors (Lipinski definition) is 7. The molecule has 4 aromatic rings. The lowest BCUT2D eigenvalue weighted by Gasteiger charge is -2.26. The van der Waals surface area contributed by atoms with Crippen LogP contribution in [0.2, 0.25) is 0 Å². The van der Waals surface area contributed by atoms with E-state index < -0.39 is 18.1 Å². The van der Waals surface area contributed by atoms with Gasteiger partial charge in [0.2, 0.25) is 0 Å². The molecule has 228 valence electrons. The quantitative estimate of drug-likeness (QED) is 0.320. The van der Waals surface area contributed by atoms with Crippen LogP contribution in [0.3, 0.4) is 0 Å². The maximum Gasteiger partial charge on any atom is 0.490 e. The summed E-state index contributed by atoms with van der Waals surface area (Å²) in [6.45, 7) is 3.23. The summed E-state index contributed by atoms with van der Waals surface area (Å²) < 4.78 is 46.6. The highest BCUT2D eigenvalue weighted by atomic mass is 19.4. The van der Waals surface area contributed by atoms with E-state index in [0.29, 0.717) is 22.3 Å². The number of hydrogen-bond donors (Lipinski definition) is 2. The van der Waals surface area contributed by atoms with E-state index in [0.717, 1.165) is 68.4 Å². The Morgan fingerprint density at radius 1 is 1.12 bits per heavy atom. The summed E-state index contributed by atoms with van der Waals surface area (Å²) in [4.78, 5) is 40.2. The fraction of sp³-hybridized carbons (Fsp3) is 0.400. The number of benzene rings is 2. The predicted octanol–water partition coefficient (Wildman–Crippen LogP) is 4.54. The number of nitrogens with one attached hydrogen (secondary N) is 1. The highest BCUT2D eigenvalue weighted by Crippen LogP contribution is 2.32. The summed E-state index contributed by atoms with van der Waals surface area (Å²) in [5.41, 5.74) is 3.97. The molecule has 2 fully saturated rings. The topological polar surface area (TPSA) is 125 Å². The summed E-state index contributed by atoms with van der Waals surface area (Å²) in [7, 11) is 1.36. The Kier molecular flexibility index (Phi) is 8.83. The van der Waals surface area contributed by atoms with E-state index in [1.807, 2.05) is 22.8 Å². The van der Waals surface area contributed by atoms with Crippen LogP contribution in [-0.2, 0) is 20.8 Å². The molecule has 0 spiro atoms. The minimum Gasteiger partial charge on any atom is -0.475 e. The number of nitrogens with zero attached hydrogens (tertiary/aromatic N) is 3. The SMILES string of the molecule is COC(=O)c1ccc2nc(-c3cn(CC4CCCO4)c4ccccc34)c(=O)n(C3CCNCC3)c2c1.O=C(O)C(F)(F)F. The van der Waals surface area contributed by atoms with Crippen molar-refractivity contribution in [2.45, 2.75) is 50.6 Å². The van der Waals surface area contributed by atoms with Crippen molar-refractivity contribution in [3.8, 4) is 11.3 Å². The van der Waals surface area contributed by atoms with Crippen molar-refractivity contribution < 1.29 is 37.3 Å². The van der Waals surface area contributed by atoms with Crippen molar-refractivity contribution in [2.24, 2.45) is 0 Å². The molecule has 2 saturated heterocycles. The van der Waals surface area contributed by atoms with E-state index in [-0.39, 0.29) is 17.7 Å². The van der Waals surface area contributed by atoms with E-state index in [9.17, 15) is 22.8 Å². The molecule has 1 atom stereocenters. The third-order valence-corrected chi connectivity index (χ3v) is 7.69. The number of para-hydroxylation sites is 1. The normalized spacial score (nSPS) is 17.5. The molecular formula is C30H31F3N4O6. The van der Waals surface area contributed by atoms with Crippen LogP contribution in [0.4, 0.5) is 13.2 Å². The zero-order valence-corrected chi connectivity index (χ0v) is 23.4. The van der Waals surface area contributed by atoms with Gasteiger partial charge in [-0.2, -0.15) is 13.2 Å². The first-order valence-electron chi connectivity index (χ1n) is 13.9. The Bertz CT molecular complexity index is 1700. The van der Waals surface area contributed by atoms with Crippen LogP contribution in [0.5, 0.6) is 0 Å². The first-order chi connectivity index (χ1) is 20.6. The molecule has 6 rings (SSSR count). The van der Waals surface area contributed by atoms with Gasteiger partial charge >= 0.3 is 18.1 Å². The Morgan fingerprint density at radius 2 is 1.84 bits per heavy atom. The Labute approximate surface area is 244 Å². The number of fused-ring (bicyclic) bond motifs is 2. The minimum absolute atomic E-state index is 0.0242. The van der Waals surface area contributed by atoms with Gasteiger partial charge in [0.05, 0.1) is 29.8 Å². The van der Waals surface area contributed by atoms with E-state index in [1.54, 1.807) is 12.1 Å². The highest BCUT2D eigenvalue weighted by Gasteiger charge is 2.38. The number of carboxylic acid groups (broad SMARTS) is 1. The fourth-order valence-electron chi connectivity index (χ4n) is 5.64. The van der Waals surface area contributed by atoms with E-state index in [2.05, 4.69) is 28.2 Å². The van der Waals surface area contributed by atoms with Gasteiger partial charge in [-0.3, -0.25) is 4.79 Å². The number of carbonyl (C=O) groups excluding carboxylic acids is 1. The zero-order valence-electron chi connectivity index (χ0n) is 23.4. The maximum atomic E-state index is 14.2. The van der Waals surface area contributed by atoms with Crippen LogP contribution >= 0.6 is 0 Å². The first kappa shape index (κ1) is 30.2. The van der Waals surface area contributed by atoms with Crippen molar-refractivity contribution in [1.82, 2.24) is 19.4 Å². The zero-order chi connectivity index (χ0) is 30.7. The maximum absolute atomic E-state index is 14.2. The monoisotopic (exact) mass is 600 g/mol. The molecule has 2 aromatic carbocycles. The molecule has 0 amide bonds. The van der Waals surface area contributed by atoms with Gasteiger partial charge in [0.1, 0.15) is 5.69 Å². The van der Waals surface area contributed by atoms with Gasteiger partial charge in [-0.15, -0.1) is 0 Å². The Morgan fingerprint density at radius 3 is 2.49 bits per heavy atom. The number of alkyl halides is 3. The van der Waals surface area contributed by atoms with Crippen molar-refractivity contribution in [3.63, 3.8) is 0 Å². The van der Waals surface area contributed by atoms with Crippen LogP contribution < -0.4 is 10.9 Å². The number of ether oxygens (including phenoxy) is 2. The first-order valence-corrected chi connectivity index (χ1v) is 13.9. The van der Waals surface area contributed by atoms with Crippen LogP contribution in [0.1, 0.15) is 42.1 Å². The smallest absolute Gasteiger partial charge is 0.475 e. The second-order valence-electron chi connectivity index (χ2n) is 10.5. The molecule has 2 aliphatic rings. The fourth-order valence-corrected chi connectivity index (χ4v) is 5.64. The molecule has 1 unspecified atom stereocenters. The molecule has 2 N–H and O–H groups in total. The number of piperidine rings is 1. The minimum atomic E-state index is -5.08. The lowest BCUT2D eigenvalue weighted by Crippen LogP contribution is -2.35. The van der Waals surface area contributed by atoms with Gasteiger partial charge in [0.15, 0.2) is 0 Å². The van der Waals surface area contributed by atoms with Gasteiger partial charge in [-0.1, -0.05) is 18.2 Å². The molecule has 2 aliphatic heterocycles. The number of carboxylic acids is 1. The molecule has 43 heavy (non-hydrogen) atoms. The molecule has 13 heteroatoms. The second kappa shape index (κ2) is 12.6. The molecule has 0 saturated carbocycles. The number of carbonyl (C=O) groups is 2. The summed E-state index contributed by atoms with van der Waals surface area (Å²) in [5, 5.41) is 11.5. The Hall–Kier alpha value is -4.23. The van der Waals surface area contributed by atoms with Crippen LogP contribution in [0.25, 0.3) is 33.2 Å². The Balaban J connectivity index is 0.000000472. The second-order valence-corrected chi connectivity index (χ2v) is 10.5. The van der Waals surface area contributed by atoms with Crippen LogP contribution in [-0.4, -0.2) is 70.2 Å². The molecule has 0 bridgehead atoms. The van der Waals surface area contributed by atoms with Crippen LogP contribution in [0, 0.1) is 0 Å². The molecule has 0 aliphatic carbocycles. The van der Waals surface area contributed by atoms with Crippen molar-refractivity contribution in [1.29, 1.82) is 0 Å². The van der Waals surface area contributed by atoms with E-state index in [4.69, 9.17) is 24.4 Å². The molecule has 2 aromatic heterocycles. The molecule has 10 nitrogen and oxygen atoms in total. The van der Waals surface area contributed by atoms with Crippen molar-refractivity contribution >= 4 is 33.9 Å². The summed E-state index contributed by atoms with van der Waals surface area (Å²) >= 11 is 0. The highest BCUT2D eigenvalue weighted by molar-refractivity contribution is 5.97. The van der Waals surface area contributed by atoms with Crippen LogP contribution in [0.15, 0.2) is 53.5 Å². The lowest BCUT2D eigenvalue weighted by atomic mass is 10.0. The largest absolute Gasteiger partial charge is 0.490 e. The number of aliphatic carboxylic acids is 1. The number of esters is 1. The number of methoxy groups -OCH3 is 1. The average Bonchev–Trinajstić information content (AvgIpc) is 3.65. The van der Waals surface area contributed by atoms with Gasteiger partial charge < -0.3 is 29.0 Å². The standard InChI is InChI=1S/C28H30N4O4.C2HF3O2/c1-35-28(34)18-8-9-23-25(15-18)32(19-10-12-29-13-11-19)27(33)26(30-23)22-17-31(16-20-5-4-14-36-20)24-7-3-2-6-21(22)24;3-2(4,5)1(6)7/h2-3,6-9,15,17,19-20,29H,4-5,10-14,16H2,1H3;(H,6,7). The summed E-state index contributed by atoms with van der Waals surface area (Å²) in [6.07, 6.45) is 0.945. The van der Waals surface area contributed by atoms with Crippen molar-refractivity contribution in [2.75, 3.05) is 26.8 Å². The number of rotatable bonds is 5. The summed E-state index contributed by atoms with van der Waals surface area (Å²) in [5.74, 6) is -3.19. The van der Waals surface area contributed by atoms with E-state index >= 15 is 0 Å². The van der Waals surface area contributed by atoms with Crippen molar-refractivity contribution in [3.05, 3.63) is 64.6 Å². The third kappa shape index (κ3) is 6.42. The van der Waals surface area contributed by atoms with Gasteiger partial charge in [0.25, 0.3) is 5.56 Å². The third-order valence-electron chi connectivity index (χ3n) is 7.69. The number of aromatic nitrogens is 3. The summed E-state index contributed by atoms with van der Waals surface area (Å²) in [6, 6.07) is 13.4. The molecule has 0 radical (unpaired) electrons. The predicted molar refractivity (Wildman–Crippen MR) is 152 cm³/mol. The molecular weight excluding hydrogens is 569 g/mol. The van der Waals surface area contributed by atoms with Gasteiger partial charge in [0, 0.05) is 41.9 Å². The lowest BCUT2D eigenvalue weighted by molar-refractivity contribution is -0.192. The van der Waals surface area contributed by atoms with Gasteiger partial charge in [-0.25, -0.2) is 14.6 Å². The average molecular weight is 601 g/mol. The van der Waals surface area contributed by atoms with E-state index in [1.165, 1.54) is 7.11 Å². The number of halogens is 3. The molecule has 4 heterocycles.